The first kappa shape index (κ1) is 32.8. The number of hydrogen-bond donors (Lipinski definition) is 3. The predicted octanol–water partition coefficient (Wildman–Crippen LogP) is 2.50. The second kappa shape index (κ2) is 14.7. The van der Waals surface area contributed by atoms with Crippen molar-refractivity contribution in [3.8, 4) is 0 Å². The molecule has 1 rings (SSSR count). The molecule has 10 nitrogen and oxygen atoms in total. The second-order valence-corrected chi connectivity index (χ2v) is 12.6. The lowest BCUT2D eigenvalue weighted by molar-refractivity contribution is -0.155. The molecule has 3 amide bonds. The molecule has 0 fully saturated rings. The first-order chi connectivity index (χ1) is 17.5. The second-order valence-electron chi connectivity index (χ2n) is 10.7. The molecule has 11 heteroatoms. The normalized spacial score (nSPS) is 14.4. The third-order valence-electron chi connectivity index (χ3n) is 5.08. The molecule has 38 heavy (non-hydrogen) atoms. The van der Waals surface area contributed by atoms with Gasteiger partial charge in [-0.1, -0.05) is 38.1 Å². The fraction of sp³-hybridized carbons (Fsp3) is 0.556. The zero-order chi connectivity index (χ0) is 29.1. The minimum absolute atomic E-state index is 0.0409. The van der Waals surface area contributed by atoms with Crippen molar-refractivity contribution < 1.29 is 32.3 Å². The van der Waals surface area contributed by atoms with Crippen molar-refractivity contribution in [2.24, 2.45) is 5.92 Å². The number of nitrogens with one attached hydrogen (secondary N) is 3. The highest BCUT2D eigenvalue weighted by atomic mass is 32.2. The van der Waals surface area contributed by atoms with Crippen LogP contribution in [0.5, 0.6) is 0 Å². The number of carbonyl (C=O) groups excluding carboxylic acids is 4. The topological polar surface area (TPSA) is 148 Å². The van der Waals surface area contributed by atoms with E-state index in [1.807, 2.05) is 13.8 Å². The van der Waals surface area contributed by atoms with Gasteiger partial charge in [0, 0.05) is 29.7 Å². The molecule has 1 aromatic carbocycles. The summed E-state index contributed by atoms with van der Waals surface area (Å²) in [6.07, 6.45) is 2.79. The lowest BCUT2D eigenvalue weighted by Crippen LogP contribution is -2.54. The Labute approximate surface area is 225 Å². The molecule has 0 spiro atoms. The van der Waals surface area contributed by atoms with Crippen LogP contribution in [0.4, 0.5) is 0 Å². The van der Waals surface area contributed by atoms with Gasteiger partial charge in [0.2, 0.25) is 11.8 Å². The van der Waals surface area contributed by atoms with E-state index in [0.717, 1.165) is 11.7 Å². The van der Waals surface area contributed by atoms with Gasteiger partial charge in [0.05, 0.1) is 0 Å². The van der Waals surface area contributed by atoms with E-state index in [9.17, 15) is 27.6 Å². The molecule has 0 aromatic heterocycles. The van der Waals surface area contributed by atoms with Crippen molar-refractivity contribution in [1.29, 1.82) is 0 Å². The highest BCUT2D eigenvalue weighted by Gasteiger charge is 2.27. The van der Waals surface area contributed by atoms with Crippen LogP contribution in [0.15, 0.2) is 41.8 Å². The van der Waals surface area contributed by atoms with E-state index >= 15 is 0 Å². The molecule has 3 N–H and O–H groups in total. The molecule has 0 saturated carbocycles. The molecule has 3 atom stereocenters. The van der Waals surface area contributed by atoms with Crippen LogP contribution in [0.2, 0.25) is 0 Å². The van der Waals surface area contributed by atoms with Crippen LogP contribution in [0.3, 0.4) is 0 Å². The van der Waals surface area contributed by atoms with Crippen LogP contribution < -0.4 is 16.0 Å². The smallest absolute Gasteiger partial charge is 0.306 e. The van der Waals surface area contributed by atoms with Crippen LogP contribution in [-0.2, 0) is 29.0 Å². The molecule has 0 aliphatic carbocycles. The maximum atomic E-state index is 13.1. The van der Waals surface area contributed by atoms with Gasteiger partial charge in [0.1, 0.15) is 17.7 Å². The van der Waals surface area contributed by atoms with E-state index in [1.54, 1.807) is 51.1 Å². The number of sulfone groups is 1. The molecular weight excluding hydrogens is 510 g/mol. The number of esters is 1. The molecule has 0 bridgehead atoms. The van der Waals surface area contributed by atoms with Gasteiger partial charge in [-0.3, -0.25) is 19.2 Å². The Morgan fingerprint density at radius 1 is 0.947 bits per heavy atom. The molecule has 212 valence electrons. The Bertz CT molecular complexity index is 1090. The van der Waals surface area contributed by atoms with Crippen LogP contribution in [-0.4, -0.2) is 62.1 Å². The lowest BCUT2D eigenvalue weighted by atomic mass is 10.0. The van der Waals surface area contributed by atoms with Crippen LogP contribution >= 0.6 is 0 Å². The third-order valence-corrected chi connectivity index (χ3v) is 5.73. The van der Waals surface area contributed by atoms with Crippen LogP contribution in [0.1, 0.15) is 71.2 Å². The highest BCUT2D eigenvalue weighted by Crippen LogP contribution is 2.11. The van der Waals surface area contributed by atoms with E-state index in [4.69, 9.17) is 4.74 Å². The monoisotopic (exact) mass is 551 g/mol. The minimum atomic E-state index is -3.38. The maximum Gasteiger partial charge on any atom is 0.306 e. The van der Waals surface area contributed by atoms with Gasteiger partial charge >= 0.3 is 5.97 Å². The van der Waals surface area contributed by atoms with Crippen LogP contribution in [0, 0.1) is 5.92 Å². The number of rotatable bonds is 13. The van der Waals surface area contributed by atoms with Gasteiger partial charge in [-0.05, 0) is 58.6 Å². The van der Waals surface area contributed by atoms with Crippen molar-refractivity contribution in [1.82, 2.24) is 16.0 Å². The Balaban J connectivity index is 2.96. The summed E-state index contributed by atoms with van der Waals surface area (Å²) in [5.74, 6) is -2.03. The average molecular weight is 552 g/mol. The molecule has 3 unspecified atom stereocenters. The molecule has 1 aromatic rings. The summed E-state index contributed by atoms with van der Waals surface area (Å²) in [7, 11) is -3.38. The van der Waals surface area contributed by atoms with E-state index in [0.29, 0.717) is 12.0 Å². The van der Waals surface area contributed by atoms with Gasteiger partial charge in [0.25, 0.3) is 5.91 Å². The Kier molecular flexibility index (Phi) is 12.7. The lowest BCUT2D eigenvalue weighted by Gasteiger charge is -2.24. The average Bonchev–Trinajstić information content (AvgIpc) is 2.78. The quantitative estimate of drug-likeness (QED) is 0.319. The third kappa shape index (κ3) is 13.9. The van der Waals surface area contributed by atoms with Gasteiger partial charge in [-0.15, -0.1) is 0 Å². The number of ether oxygens (including phenoxy) is 1. The predicted molar refractivity (Wildman–Crippen MR) is 146 cm³/mol. The number of carbonyl (C=O) groups is 4. The van der Waals surface area contributed by atoms with E-state index < -0.39 is 57.3 Å². The summed E-state index contributed by atoms with van der Waals surface area (Å²) in [6.45, 7) is 10.5. The first-order valence-corrected chi connectivity index (χ1v) is 14.5. The van der Waals surface area contributed by atoms with E-state index in [2.05, 4.69) is 16.0 Å². The van der Waals surface area contributed by atoms with E-state index in [1.165, 1.54) is 13.0 Å². The van der Waals surface area contributed by atoms with Crippen molar-refractivity contribution in [3.05, 3.63) is 47.4 Å². The fourth-order valence-electron chi connectivity index (χ4n) is 3.37. The van der Waals surface area contributed by atoms with Crippen molar-refractivity contribution in [3.63, 3.8) is 0 Å². The zero-order valence-corrected chi connectivity index (χ0v) is 24.1. The van der Waals surface area contributed by atoms with Gasteiger partial charge in [-0.2, -0.15) is 0 Å². The summed E-state index contributed by atoms with van der Waals surface area (Å²) < 4.78 is 28.3. The molecule has 0 aliphatic heterocycles. The summed E-state index contributed by atoms with van der Waals surface area (Å²) in [5.41, 5.74) is -0.366. The largest absolute Gasteiger partial charge is 0.460 e. The van der Waals surface area contributed by atoms with Crippen molar-refractivity contribution in [2.45, 2.75) is 84.5 Å². The maximum absolute atomic E-state index is 13.1. The number of benzene rings is 1. The molecular formula is C27H41N3O7S. The van der Waals surface area contributed by atoms with Crippen molar-refractivity contribution >= 4 is 33.5 Å². The number of hydrogen-bond acceptors (Lipinski definition) is 7. The van der Waals surface area contributed by atoms with Gasteiger partial charge in [0.15, 0.2) is 9.84 Å². The first-order valence-electron chi connectivity index (χ1n) is 12.5. The Morgan fingerprint density at radius 3 is 2.08 bits per heavy atom. The Hall–Kier alpha value is -3.21. The summed E-state index contributed by atoms with van der Waals surface area (Å²) in [4.78, 5) is 50.8. The molecule has 0 heterocycles. The standard InChI is InChI=1S/C27H41N3O7S/c1-18(2)17-21(15-16-38(7,35)36)29-24(32)19(3)28-26(34)22(13-14-23(31)37-27(4,5)6)30-25(33)20-11-9-8-10-12-20/h8-12,15-16,18-19,21-22H,13-14,17H2,1-7H3,(H,28,34)(H,29,32)(H,30,33). The minimum Gasteiger partial charge on any atom is -0.460 e. The zero-order valence-electron chi connectivity index (χ0n) is 23.2. The van der Waals surface area contributed by atoms with Gasteiger partial charge in [-0.25, -0.2) is 8.42 Å². The van der Waals surface area contributed by atoms with Crippen LogP contribution in [0.25, 0.3) is 0 Å². The molecule has 0 radical (unpaired) electrons. The molecule has 0 saturated heterocycles. The summed E-state index contributed by atoms with van der Waals surface area (Å²) in [6, 6.07) is 5.63. The number of amides is 3. The summed E-state index contributed by atoms with van der Waals surface area (Å²) in [5, 5.41) is 8.99. The van der Waals surface area contributed by atoms with Crippen molar-refractivity contribution in [2.75, 3.05) is 6.26 Å². The highest BCUT2D eigenvalue weighted by molar-refractivity contribution is 7.93. The van der Waals surface area contributed by atoms with Gasteiger partial charge < -0.3 is 20.7 Å². The van der Waals surface area contributed by atoms with E-state index in [-0.39, 0.29) is 18.8 Å². The fourth-order valence-corrected chi connectivity index (χ4v) is 3.85. The molecule has 0 aliphatic rings. The SMILES string of the molecule is CC(C)CC(C=CS(C)(=O)=O)NC(=O)C(C)NC(=O)C(CCC(=O)OC(C)(C)C)NC(=O)c1ccccc1. The Morgan fingerprint density at radius 2 is 1.55 bits per heavy atom. The summed E-state index contributed by atoms with van der Waals surface area (Å²) >= 11 is 0.